The Labute approximate surface area is 114 Å². The summed E-state index contributed by atoms with van der Waals surface area (Å²) in [5.41, 5.74) is 2.65. The van der Waals surface area contributed by atoms with E-state index in [0.29, 0.717) is 6.61 Å². The van der Waals surface area contributed by atoms with E-state index < -0.39 is 0 Å². The molecule has 0 spiro atoms. The highest BCUT2D eigenvalue weighted by atomic mass is 16.3. The molecule has 1 aromatic heterocycles. The zero-order chi connectivity index (χ0) is 13.1. The minimum absolute atomic E-state index is 0.131. The molecule has 102 valence electrons. The van der Waals surface area contributed by atoms with E-state index in [1.165, 1.54) is 29.3 Å². The molecule has 1 fully saturated rings. The third kappa shape index (κ3) is 2.53. The van der Waals surface area contributed by atoms with Gasteiger partial charge in [-0.1, -0.05) is 25.0 Å². The molecule has 2 aromatic rings. The maximum absolute atomic E-state index is 9.61. The Hall–Kier alpha value is -1.32. The summed E-state index contributed by atoms with van der Waals surface area (Å²) in [5.74, 6) is 0. The summed E-state index contributed by atoms with van der Waals surface area (Å²) in [6.07, 6.45) is 6.82. The van der Waals surface area contributed by atoms with Gasteiger partial charge in [0.15, 0.2) is 0 Å². The first-order valence-corrected chi connectivity index (χ1v) is 7.20. The summed E-state index contributed by atoms with van der Waals surface area (Å²) in [5, 5.41) is 14.4. The number of benzene rings is 1. The molecule has 1 saturated carbocycles. The molecular formula is C16H22N2O. The standard InChI is InChI=1S/C16H22N2O/c19-12-16(7-1-2-8-16)11-17-10-13-4-3-5-15-14(13)6-9-18-15/h3-6,9,17-19H,1-2,7-8,10-12H2. The van der Waals surface area contributed by atoms with E-state index in [2.05, 4.69) is 34.6 Å². The molecule has 0 saturated heterocycles. The van der Waals surface area contributed by atoms with Crippen molar-refractivity contribution in [1.82, 2.24) is 10.3 Å². The average molecular weight is 258 g/mol. The van der Waals surface area contributed by atoms with Gasteiger partial charge in [-0.15, -0.1) is 0 Å². The van der Waals surface area contributed by atoms with Crippen molar-refractivity contribution >= 4 is 10.9 Å². The highest BCUT2D eigenvalue weighted by Gasteiger charge is 2.32. The fourth-order valence-corrected chi connectivity index (χ4v) is 3.28. The minimum atomic E-state index is 0.131. The van der Waals surface area contributed by atoms with Crippen LogP contribution >= 0.6 is 0 Å². The highest BCUT2D eigenvalue weighted by Crippen LogP contribution is 2.36. The van der Waals surface area contributed by atoms with Crippen LogP contribution in [0.1, 0.15) is 31.2 Å². The summed E-state index contributed by atoms with van der Waals surface area (Å²) >= 11 is 0. The van der Waals surface area contributed by atoms with Gasteiger partial charge in [-0.2, -0.15) is 0 Å². The van der Waals surface area contributed by atoms with Gasteiger partial charge in [0.2, 0.25) is 0 Å². The summed E-state index contributed by atoms with van der Waals surface area (Å²) in [7, 11) is 0. The van der Waals surface area contributed by atoms with Gasteiger partial charge in [0, 0.05) is 42.2 Å². The first-order chi connectivity index (χ1) is 9.33. The first kappa shape index (κ1) is 12.7. The minimum Gasteiger partial charge on any atom is -0.396 e. The molecule has 1 aliphatic rings. The number of aliphatic hydroxyl groups is 1. The predicted molar refractivity (Wildman–Crippen MR) is 78.0 cm³/mol. The van der Waals surface area contributed by atoms with Gasteiger partial charge in [-0.05, 0) is 30.5 Å². The third-order valence-electron chi connectivity index (χ3n) is 4.50. The van der Waals surface area contributed by atoms with Crippen LogP contribution in [-0.2, 0) is 6.54 Å². The van der Waals surface area contributed by atoms with Crippen molar-refractivity contribution in [2.45, 2.75) is 32.2 Å². The van der Waals surface area contributed by atoms with Crippen molar-refractivity contribution in [3.05, 3.63) is 36.0 Å². The van der Waals surface area contributed by atoms with Crippen molar-refractivity contribution in [3.63, 3.8) is 0 Å². The van der Waals surface area contributed by atoms with E-state index in [9.17, 15) is 5.11 Å². The third-order valence-corrected chi connectivity index (χ3v) is 4.50. The first-order valence-electron chi connectivity index (χ1n) is 7.20. The van der Waals surface area contributed by atoms with Gasteiger partial charge in [0.25, 0.3) is 0 Å². The molecule has 0 atom stereocenters. The molecule has 3 N–H and O–H groups in total. The predicted octanol–water partition coefficient (Wildman–Crippen LogP) is 2.81. The van der Waals surface area contributed by atoms with Gasteiger partial charge in [-0.3, -0.25) is 0 Å². The Kier molecular flexibility index (Phi) is 3.58. The van der Waals surface area contributed by atoms with Gasteiger partial charge in [0.1, 0.15) is 0 Å². The fraction of sp³-hybridized carbons (Fsp3) is 0.500. The lowest BCUT2D eigenvalue weighted by Crippen LogP contribution is -2.34. The zero-order valence-electron chi connectivity index (χ0n) is 11.3. The Morgan fingerprint density at radius 3 is 2.84 bits per heavy atom. The molecule has 0 amide bonds. The molecule has 1 aromatic carbocycles. The van der Waals surface area contributed by atoms with Crippen LogP contribution in [0.4, 0.5) is 0 Å². The summed E-state index contributed by atoms with van der Waals surface area (Å²) in [6.45, 7) is 2.11. The number of aliphatic hydroxyl groups excluding tert-OH is 1. The molecule has 0 unspecified atom stereocenters. The maximum Gasteiger partial charge on any atom is 0.0499 e. The van der Waals surface area contributed by atoms with Crippen LogP contribution in [-0.4, -0.2) is 23.2 Å². The Morgan fingerprint density at radius 2 is 2.05 bits per heavy atom. The molecule has 0 radical (unpaired) electrons. The molecular weight excluding hydrogens is 236 g/mol. The normalized spacial score (nSPS) is 18.2. The largest absolute Gasteiger partial charge is 0.396 e. The molecule has 1 aliphatic carbocycles. The number of H-pyrrole nitrogens is 1. The van der Waals surface area contributed by atoms with E-state index in [1.54, 1.807) is 0 Å². The number of aromatic nitrogens is 1. The summed E-state index contributed by atoms with van der Waals surface area (Å²) in [4.78, 5) is 3.24. The summed E-state index contributed by atoms with van der Waals surface area (Å²) in [6, 6.07) is 8.49. The number of aromatic amines is 1. The van der Waals surface area contributed by atoms with Gasteiger partial charge in [0.05, 0.1) is 0 Å². The zero-order valence-corrected chi connectivity index (χ0v) is 11.3. The lowest BCUT2D eigenvalue weighted by Gasteiger charge is -2.26. The molecule has 3 heteroatoms. The van der Waals surface area contributed by atoms with E-state index >= 15 is 0 Å². The van der Waals surface area contributed by atoms with E-state index in [0.717, 1.165) is 25.9 Å². The van der Waals surface area contributed by atoms with Crippen molar-refractivity contribution in [2.75, 3.05) is 13.2 Å². The van der Waals surface area contributed by atoms with Crippen LogP contribution in [0.2, 0.25) is 0 Å². The second kappa shape index (κ2) is 5.35. The van der Waals surface area contributed by atoms with Crippen LogP contribution in [0.25, 0.3) is 10.9 Å². The molecule has 3 nitrogen and oxygen atoms in total. The quantitative estimate of drug-likeness (QED) is 0.772. The lowest BCUT2D eigenvalue weighted by atomic mass is 9.87. The molecule has 0 bridgehead atoms. The van der Waals surface area contributed by atoms with Gasteiger partial charge < -0.3 is 15.4 Å². The second-order valence-electron chi connectivity index (χ2n) is 5.82. The number of rotatable bonds is 5. The Balaban J connectivity index is 1.64. The van der Waals surface area contributed by atoms with E-state index in [-0.39, 0.29) is 5.41 Å². The maximum atomic E-state index is 9.61. The number of nitrogens with one attached hydrogen (secondary N) is 2. The SMILES string of the molecule is OCC1(CNCc2cccc3[nH]ccc23)CCCC1. The van der Waals surface area contributed by atoms with Crippen LogP contribution < -0.4 is 5.32 Å². The average Bonchev–Trinajstić information content (AvgIpc) is 3.08. The van der Waals surface area contributed by atoms with Crippen LogP contribution in [0.15, 0.2) is 30.5 Å². The van der Waals surface area contributed by atoms with Crippen molar-refractivity contribution in [2.24, 2.45) is 5.41 Å². The lowest BCUT2D eigenvalue weighted by molar-refractivity contribution is 0.128. The molecule has 3 rings (SSSR count). The van der Waals surface area contributed by atoms with Crippen molar-refractivity contribution in [1.29, 1.82) is 0 Å². The summed E-state index contributed by atoms with van der Waals surface area (Å²) < 4.78 is 0. The second-order valence-corrected chi connectivity index (χ2v) is 5.82. The molecule has 0 aliphatic heterocycles. The van der Waals surface area contributed by atoms with Gasteiger partial charge >= 0.3 is 0 Å². The van der Waals surface area contributed by atoms with E-state index in [4.69, 9.17) is 0 Å². The highest BCUT2D eigenvalue weighted by molar-refractivity contribution is 5.82. The van der Waals surface area contributed by atoms with Crippen molar-refractivity contribution < 1.29 is 5.11 Å². The van der Waals surface area contributed by atoms with Crippen LogP contribution in [0.3, 0.4) is 0 Å². The molecule has 1 heterocycles. The fourth-order valence-electron chi connectivity index (χ4n) is 3.28. The number of hydrogen-bond donors (Lipinski definition) is 3. The monoisotopic (exact) mass is 258 g/mol. The number of fused-ring (bicyclic) bond motifs is 1. The Morgan fingerprint density at radius 1 is 1.21 bits per heavy atom. The van der Waals surface area contributed by atoms with Crippen LogP contribution in [0.5, 0.6) is 0 Å². The van der Waals surface area contributed by atoms with Gasteiger partial charge in [-0.25, -0.2) is 0 Å². The van der Waals surface area contributed by atoms with E-state index in [1.807, 2.05) is 6.20 Å². The Bertz CT molecular complexity index is 540. The smallest absolute Gasteiger partial charge is 0.0499 e. The topological polar surface area (TPSA) is 48.0 Å². The van der Waals surface area contributed by atoms with Crippen LogP contribution in [0, 0.1) is 5.41 Å². The molecule has 19 heavy (non-hydrogen) atoms. The van der Waals surface area contributed by atoms with Crippen molar-refractivity contribution in [3.8, 4) is 0 Å². The number of hydrogen-bond acceptors (Lipinski definition) is 2.